The van der Waals surface area contributed by atoms with Crippen molar-refractivity contribution in [1.82, 2.24) is 0 Å². The summed E-state index contributed by atoms with van der Waals surface area (Å²) in [7, 11) is 0. The molecule has 26 heavy (non-hydrogen) atoms. The molecule has 0 amide bonds. The second-order valence-electron chi connectivity index (χ2n) is 7.07. The van der Waals surface area contributed by atoms with E-state index in [1.54, 1.807) is 13.8 Å². The molecule has 6 heteroatoms. The van der Waals surface area contributed by atoms with Crippen molar-refractivity contribution in [2.75, 3.05) is 20.0 Å². The van der Waals surface area contributed by atoms with Gasteiger partial charge < -0.3 is 18.9 Å². The summed E-state index contributed by atoms with van der Waals surface area (Å²) in [6.45, 7) is 4.23. The summed E-state index contributed by atoms with van der Waals surface area (Å²) in [5, 5.41) is 0. The van der Waals surface area contributed by atoms with Gasteiger partial charge in [-0.15, -0.1) is 0 Å². The predicted molar refractivity (Wildman–Crippen MR) is 91.8 cm³/mol. The molecule has 2 unspecified atom stereocenters. The summed E-state index contributed by atoms with van der Waals surface area (Å²) < 4.78 is 29.8. The highest BCUT2D eigenvalue weighted by Gasteiger charge is 2.59. The largest absolute Gasteiger partial charge is 0.466 e. The number of ether oxygens (including phenoxy) is 4. The van der Waals surface area contributed by atoms with Crippen molar-refractivity contribution >= 4 is 11.9 Å². The molecule has 2 saturated carbocycles. The van der Waals surface area contributed by atoms with Gasteiger partial charge in [0.05, 0.1) is 26.4 Å². The fourth-order valence-electron chi connectivity index (χ4n) is 4.92. The molecule has 0 spiro atoms. The van der Waals surface area contributed by atoms with Gasteiger partial charge in [-0.2, -0.15) is 0 Å². The molecule has 1 aromatic carbocycles. The third kappa shape index (κ3) is 2.72. The molecule has 1 aliphatic heterocycles. The lowest BCUT2D eigenvalue weighted by atomic mass is 9.71. The molecule has 2 aliphatic carbocycles. The number of hydrogen-bond acceptors (Lipinski definition) is 6. The van der Waals surface area contributed by atoms with E-state index < -0.39 is 11.8 Å². The zero-order chi connectivity index (χ0) is 19.1. The van der Waals surface area contributed by atoms with Crippen molar-refractivity contribution < 1.29 is 29.9 Å². The molecule has 5 atom stereocenters. The highest BCUT2D eigenvalue weighted by Crippen LogP contribution is 2.59. The minimum Gasteiger partial charge on any atom is -0.466 e. The number of fused-ring (bicyclic) bond motifs is 3. The normalized spacial score (nSPS) is 31.6. The van der Waals surface area contributed by atoms with E-state index in [0.717, 1.165) is 18.4 Å². The lowest BCUT2D eigenvalue weighted by Gasteiger charge is -2.33. The molecule has 2 fully saturated rings. The maximum atomic E-state index is 12.7. The van der Waals surface area contributed by atoms with Crippen LogP contribution in [0.5, 0.6) is 11.5 Å². The molecule has 6 nitrogen and oxygen atoms in total. The Morgan fingerprint density at radius 3 is 2.50 bits per heavy atom. The van der Waals surface area contributed by atoms with Crippen molar-refractivity contribution in [2.24, 2.45) is 23.7 Å². The zero-order valence-electron chi connectivity index (χ0n) is 16.0. The lowest BCUT2D eigenvalue weighted by molar-refractivity contribution is -0.163. The maximum Gasteiger partial charge on any atom is 0.310 e. The van der Waals surface area contributed by atoms with E-state index in [-0.39, 0.29) is 43.1 Å². The Kier molecular flexibility index (Phi) is 4.19. The number of carbonyl (C=O) groups is 2. The first kappa shape index (κ1) is 16.0. The quantitative estimate of drug-likeness (QED) is 0.751. The van der Waals surface area contributed by atoms with Gasteiger partial charge in [0.25, 0.3) is 0 Å². The molecule has 1 aromatic rings. The van der Waals surface area contributed by atoms with Crippen LogP contribution < -0.4 is 9.47 Å². The molecular formula is C20H24O6. The van der Waals surface area contributed by atoms with Crippen LogP contribution in [0.25, 0.3) is 0 Å². The molecule has 140 valence electrons. The Bertz CT molecular complexity index is 763. The lowest BCUT2D eigenvalue weighted by Crippen LogP contribution is -2.39. The van der Waals surface area contributed by atoms with Gasteiger partial charge in [-0.1, -0.05) is 6.07 Å². The SMILES string of the molecule is [2H]c1c([C@@H]2C[C@@H]3C[C@H]2C(C(=O)OCC)C3C(=O)OCC)ccc2c1OCO2. The van der Waals surface area contributed by atoms with Crippen LogP contribution in [0.1, 0.15) is 39.5 Å². The van der Waals surface area contributed by atoms with Crippen LogP contribution in [0.15, 0.2) is 18.2 Å². The number of hydrogen-bond donors (Lipinski definition) is 0. The molecule has 0 N–H and O–H groups in total. The van der Waals surface area contributed by atoms with E-state index in [4.69, 9.17) is 20.3 Å². The van der Waals surface area contributed by atoms with Crippen molar-refractivity contribution in [3.63, 3.8) is 0 Å². The van der Waals surface area contributed by atoms with Gasteiger partial charge in [0.2, 0.25) is 6.79 Å². The standard InChI is InChI=1S/C20H24O6/c1-3-23-19(21)17-12-7-13(14(8-12)18(17)20(22)24-4-2)11-5-6-15-16(9-11)26-10-25-15/h5-6,9,12-14,17-18H,3-4,7-8,10H2,1-2H3/t12-,13+,14-,17?,18?/m1/s1/i9D. The summed E-state index contributed by atoms with van der Waals surface area (Å²) in [6, 6.07) is 4.03. The fraction of sp³-hybridized carbons (Fsp3) is 0.600. The average Bonchev–Trinajstić information content (AvgIpc) is 3.36. The topological polar surface area (TPSA) is 71.1 Å². The Morgan fingerprint density at radius 2 is 1.77 bits per heavy atom. The van der Waals surface area contributed by atoms with Gasteiger partial charge >= 0.3 is 11.9 Å². The van der Waals surface area contributed by atoms with E-state index in [1.165, 1.54) is 0 Å². The van der Waals surface area contributed by atoms with Crippen LogP contribution >= 0.6 is 0 Å². The van der Waals surface area contributed by atoms with Crippen molar-refractivity contribution in [2.45, 2.75) is 32.6 Å². The first-order chi connectivity index (χ1) is 13.1. The summed E-state index contributed by atoms with van der Waals surface area (Å²) >= 11 is 0. The monoisotopic (exact) mass is 361 g/mol. The Morgan fingerprint density at radius 1 is 1.08 bits per heavy atom. The van der Waals surface area contributed by atoms with E-state index in [1.807, 2.05) is 12.1 Å². The molecule has 3 aliphatic rings. The predicted octanol–water partition coefficient (Wildman–Crippen LogP) is 2.90. The number of rotatable bonds is 5. The third-order valence-corrected chi connectivity index (χ3v) is 5.84. The van der Waals surface area contributed by atoms with Crippen LogP contribution in [0.4, 0.5) is 0 Å². The highest BCUT2D eigenvalue weighted by atomic mass is 16.7. The van der Waals surface area contributed by atoms with Crippen LogP contribution in [0.3, 0.4) is 0 Å². The Balaban J connectivity index is 1.65. The molecule has 0 saturated heterocycles. The fourth-order valence-corrected chi connectivity index (χ4v) is 4.92. The maximum absolute atomic E-state index is 12.7. The Hall–Kier alpha value is -2.24. The first-order valence-corrected chi connectivity index (χ1v) is 9.29. The zero-order valence-corrected chi connectivity index (χ0v) is 15.0. The van der Waals surface area contributed by atoms with Crippen molar-refractivity contribution in [3.8, 4) is 11.5 Å². The van der Waals surface area contributed by atoms with Gasteiger partial charge in [-0.25, -0.2) is 0 Å². The first-order valence-electron chi connectivity index (χ1n) is 9.79. The third-order valence-electron chi connectivity index (χ3n) is 5.84. The van der Waals surface area contributed by atoms with Gasteiger partial charge in [0.15, 0.2) is 11.5 Å². The molecule has 0 radical (unpaired) electrons. The van der Waals surface area contributed by atoms with Crippen LogP contribution in [0, 0.1) is 23.7 Å². The van der Waals surface area contributed by atoms with Crippen LogP contribution in [-0.4, -0.2) is 31.9 Å². The van der Waals surface area contributed by atoms with Gasteiger partial charge in [0, 0.05) is 0 Å². The average molecular weight is 361 g/mol. The summed E-state index contributed by atoms with van der Waals surface area (Å²) in [6.07, 6.45) is 1.53. The molecular weight excluding hydrogens is 336 g/mol. The number of benzene rings is 1. The highest BCUT2D eigenvalue weighted by molar-refractivity contribution is 5.84. The minimum absolute atomic E-state index is 0.0251. The summed E-state index contributed by atoms with van der Waals surface area (Å²) in [5.41, 5.74) is 0.850. The van der Waals surface area contributed by atoms with E-state index in [0.29, 0.717) is 24.1 Å². The van der Waals surface area contributed by atoms with Crippen molar-refractivity contribution in [3.05, 3.63) is 23.7 Å². The van der Waals surface area contributed by atoms with Crippen molar-refractivity contribution in [1.29, 1.82) is 0 Å². The Labute approximate surface area is 154 Å². The summed E-state index contributed by atoms with van der Waals surface area (Å²) in [4.78, 5) is 25.2. The number of esters is 2. The second-order valence-corrected chi connectivity index (χ2v) is 7.07. The van der Waals surface area contributed by atoms with E-state index in [9.17, 15) is 9.59 Å². The minimum atomic E-state index is -0.516. The van der Waals surface area contributed by atoms with Gasteiger partial charge in [0.1, 0.15) is 0 Å². The van der Waals surface area contributed by atoms with Crippen LogP contribution in [0.2, 0.25) is 0 Å². The van der Waals surface area contributed by atoms with Gasteiger partial charge in [-0.3, -0.25) is 9.59 Å². The van der Waals surface area contributed by atoms with Gasteiger partial charge in [-0.05, 0) is 62.1 Å². The smallest absolute Gasteiger partial charge is 0.310 e. The van der Waals surface area contributed by atoms with Crippen LogP contribution in [-0.2, 0) is 19.1 Å². The summed E-state index contributed by atoms with van der Waals surface area (Å²) in [5.74, 6) is -0.504. The molecule has 0 aromatic heterocycles. The van der Waals surface area contributed by atoms with E-state index >= 15 is 0 Å². The second kappa shape index (κ2) is 6.82. The number of carbonyl (C=O) groups excluding carboxylic acids is 2. The molecule has 4 rings (SSSR count). The van der Waals surface area contributed by atoms with E-state index in [2.05, 4.69) is 0 Å². The molecule has 1 heterocycles. The molecule has 2 bridgehead atoms.